The van der Waals surface area contributed by atoms with Crippen LogP contribution < -0.4 is 10.1 Å². The number of anilines is 1. The number of thioether (sulfide) groups is 1. The number of halogens is 1. The van der Waals surface area contributed by atoms with Gasteiger partial charge in [-0.15, -0.1) is 21.5 Å². The van der Waals surface area contributed by atoms with Crippen LogP contribution in [0.15, 0.2) is 59.1 Å². The summed E-state index contributed by atoms with van der Waals surface area (Å²) >= 11 is 2.41. The predicted octanol–water partition coefficient (Wildman–Crippen LogP) is 5.90. The molecule has 2 aromatic heterocycles. The second kappa shape index (κ2) is 12.2. The quantitative estimate of drug-likeness (QED) is 0.193. The first kappa shape index (κ1) is 27.3. The third-order valence-electron chi connectivity index (χ3n) is 5.80. The highest BCUT2D eigenvalue weighted by molar-refractivity contribution is 7.99. The number of esters is 1. The van der Waals surface area contributed by atoms with E-state index in [0.717, 1.165) is 12.2 Å². The molecule has 0 fully saturated rings. The van der Waals surface area contributed by atoms with E-state index in [2.05, 4.69) is 22.4 Å². The molecule has 1 N–H and O–H groups in total. The number of hydrogen-bond acceptors (Lipinski definition) is 8. The lowest BCUT2D eigenvalue weighted by molar-refractivity contribution is -0.113. The highest BCUT2D eigenvalue weighted by Crippen LogP contribution is 2.36. The summed E-state index contributed by atoms with van der Waals surface area (Å²) in [5.41, 5.74) is 2.65. The van der Waals surface area contributed by atoms with Crippen molar-refractivity contribution in [1.82, 2.24) is 14.8 Å². The van der Waals surface area contributed by atoms with Gasteiger partial charge < -0.3 is 19.4 Å². The number of methoxy groups -OCH3 is 1. The van der Waals surface area contributed by atoms with Crippen molar-refractivity contribution in [3.8, 4) is 16.9 Å². The van der Waals surface area contributed by atoms with Crippen LogP contribution in [0.3, 0.4) is 0 Å². The van der Waals surface area contributed by atoms with Crippen molar-refractivity contribution in [2.45, 2.75) is 31.5 Å². The van der Waals surface area contributed by atoms with Gasteiger partial charge in [0.25, 0.3) is 0 Å². The summed E-state index contributed by atoms with van der Waals surface area (Å²) < 4.78 is 26.1. The number of benzene rings is 2. The second-order valence-electron chi connectivity index (χ2n) is 8.35. The van der Waals surface area contributed by atoms with Crippen LogP contribution in [0.4, 0.5) is 9.39 Å². The van der Waals surface area contributed by atoms with E-state index in [0.29, 0.717) is 27.1 Å². The Kier molecular flexibility index (Phi) is 8.80. The van der Waals surface area contributed by atoms with Crippen LogP contribution in [0.5, 0.6) is 5.75 Å². The molecular weight excluding hydrogens is 527 g/mol. The van der Waals surface area contributed by atoms with Crippen molar-refractivity contribution < 1.29 is 23.5 Å². The summed E-state index contributed by atoms with van der Waals surface area (Å²) in [4.78, 5) is 25.3. The molecule has 0 aliphatic rings. The highest BCUT2D eigenvalue weighted by atomic mass is 32.2. The smallest absolute Gasteiger partial charge is 0.341 e. The first-order valence-corrected chi connectivity index (χ1v) is 13.7. The zero-order chi connectivity index (χ0) is 27.2. The topological polar surface area (TPSA) is 95.3 Å². The zero-order valence-corrected chi connectivity index (χ0v) is 23.0. The molecule has 0 aliphatic heterocycles. The Morgan fingerprint density at radius 3 is 2.50 bits per heavy atom. The predicted molar refractivity (Wildman–Crippen MR) is 146 cm³/mol. The third kappa shape index (κ3) is 6.22. The molecule has 0 radical (unpaired) electrons. The Balaban J connectivity index is 1.41. The molecule has 4 rings (SSSR count). The minimum atomic E-state index is -0.593. The fourth-order valence-electron chi connectivity index (χ4n) is 3.76. The molecule has 0 spiro atoms. The van der Waals surface area contributed by atoms with Crippen LogP contribution in [-0.4, -0.2) is 39.5 Å². The molecule has 11 heteroatoms. The fourth-order valence-corrected chi connectivity index (χ4v) is 5.45. The number of aromatic nitrogens is 3. The molecular formula is C27H27FN4O4S2. The van der Waals surface area contributed by atoms with Gasteiger partial charge in [0.2, 0.25) is 5.91 Å². The van der Waals surface area contributed by atoms with Gasteiger partial charge in [-0.05, 0) is 48.7 Å². The van der Waals surface area contributed by atoms with Gasteiger partial charge in [-0.25, -0.2) is 9.18 Å². The number of carbonyl (C=O) groups excluding carboxylic acids is 2. The standard InChI is InChI=1S/C27H27FN4O4S2/c1-5-17-6-12-20(13-7-17)36-16(2)24-30-31-27(32(24)3)38-15-22(33)29-25-23(26(34)35-4)21(14-37-25)18-8-10-19(28)11-9-18/h6-14,16H,5,15H2,1-4H3,(H,29,33). The summed E-state index contributed by atoms with van der Waals surface area (Å²) in [5, 5.41) is 13.9. The Morgan fingerprint density at radius 1 is 1.13 bits per heavy atom. The second-order valence-corrected chi connectivity index (χ2v) is 10.2. The number of thiophene rings is 1. The Bertz CT molecular complexity index is 1420. The van der Waals surface area contributed by atoms with E-state index >= 15 is 0 Å². The van der Waals surface area contributed by atoms with Gasteiger partial charge in [-0.3, -0.25) is 4.79 Å². The van der Waals surface area contributed by atoms with E-state index in [-0.39, 0.29) is 29.1 Å². The summed E-state index contributed by atoms with van der Waals surface area (Å²) in [5.74, 6) is 0.116. The molecule has 8 nitrogen and oxygen atoms in total. The van der Waals surface area contributed by atoms with Gasteiger partial charge in [0.15, 0.2) is 17.1 Å². The number of carbonyl (C=O) groups is 2. The number of nitrogens with zero attached hydrogens (tertiary/aromatic N) is 3. The fraction of sp³-hybridized carbons (Fsp3) is 0.259. The SMILES string of the molecule is CCc1ccc(OC(C)c2nnc(SCC(=O)Nc3scc(-c4ccc(F)cc4)c3C(=O)OC)n2C)cc1. The maximum atomic E-state index is 13.4. The van der Waals surface area contributed by atoms with Crippen LogP contribution in [0.25, 0.3) is 11.1 Å². The van der Waals surface area contributed by atoms with Crippen molar-refractivity contribution in [2.24, 2.45) is 7.05 Å². The molecule has 0 saturated carbocycles. The summed E-state index contributed by atoms with van der Waals surface area (Å²) in [6.45, 7) is 3.99. The Hall–Kier alpha value is -3.70. The van der Waals surface area contributed by atoms with E-state index in [1.54, 1.807) is 22.1 Å². The number of hydrogen-bond donors (Lipinski definition) is 1. The van der Waals surface area contributed by atoms with Crippen molar-refractivity contribution in [1.29, 1.82) is 0 Å². The average Bonchev–Trinajstić information content (AvgIpc) is 3.51. The van der Waals surface area contributed by atoms with E-state index in [9.17, 15) is 14.0 Å². The molecule has 1 amide bonds. The van der Waals surface area contributed by atoms with Gasteiger partial charge in [-0.2, -0.15) is 0 Å². The molecule has 0 bridgehead atoms. The molecule has 2 heterocycles. The maximum absolute atomic E-state index is 13.4. The summed E-state index contributed by atoms with van der Waals surface area (Å²) in [7, 11) is 3.09. The van der Waals surface area contributed by atoms with Gasteiger partial charge in [0.05, 0.1) is 12.9 Å². The number of ether oxygens (including phenoxy) is 2. The minimum absolute atomic E-state index is 0.0457. The van der Waals surface area contributed by atoms with Crippen LogP contribution in [-0.2, 0) is 23.0 Å². The van der Waals surface area contributed by atoms with E-state index in [4.69, 9.17) is 9.47 Å². The molecule has 198 valence electrons. The van der Waals surface area contributed by atoms with Gasteiger partial charge in [-0.1, -0.05) is 43.0 Å². The van der Waals surface area contributed by atoms with Crippen molar-refractivity contribution >= 4 is 40.0 Å². The maximum Gasteiger partial charge on any atom is 0.341 e. The van der Waals surface area contributed by atoms with Gasteiger partial charge in [0, 0.05) is 18.0 Å². The lowest BCUT2D eigenvalue weighted by atomic mass is 10.0. The Labute approximate surface area is 228 Å². The lowest BCUT2D eigenvalue weighted by Crippen LogP contribution is -2.16. The minimum Gasteiger partial charge on any atom is -0.483 e. The van der Waals surface area contributed by atoms with Crippen molar-refractivity contribution in [3.05, 3.63) is 76.7 Å². The van der Waals surface area contributed by atoms with Crippen LogP contribution in [0.1, 0.15) is 41.7 Å². The largest absolute Gasteiger partial charge is 0.483 e. The number of aryl methyl sites for hydroxylation is 1. The highest BCUT2D eigenvalue weighted by Gasteiger charge is 2.23. The number of nitrogens with one attached hydrogen (secondary N) is 1. The molecule has 0 saturated heterocycles. The van der Waals surface area contributed by atoms with E-state index in [1.165, 1.54) is 47.9 Å². The first-order valence-electron chi connectivity index (χ1n) is 11.8. The lowest BCUT2D eigenvalue weighted by Gasteiger charge is -2.14. The Morgan fingerprint density at radius 2 is 1.84 bits per heavy atom. The summed E-state index contributed by atoms with van der Waals surface area (Å²) in [6.07, 6.45) is 0.612. The zero-order valence-electron chi connectivity index (χ0n) is 21.4. The van der Waals surface area contributed by atoms with Crippen molar-refractivity contribution in [2.75, 3.05) is 18.2 Å². The van der Waals surface area contributed by atoms with E-state index < -0.39 is 5.97 Å². The molecule has 1 atom stereocenters. The molecule has 1 unspecified atom stereocenters. The van der Waals surface area contributed by atoms with Gasteiger partial charge >= 0.3 is 5.97 Å². The normalized spacial score (nSPS) is 11.7. The number of amides is 1. The molecule has 2 aromatic carbocycles. The third-order valence-corrected chi connectivity index (χ3v) is 7.71. The molecule has 4 aromatic rings. The van der Waals surface area contributed by atoms with Crippen molar-refractivity contribution in [3.63, 3.8) is 0 Å². The summed E-state index contributed by atoms with van der Waals surface area (Å²) in [6, 6.07) is 13.7. The molecule has 38 heavy (non-hydrogen) atoms. The molecule has 0 aliphatic carbocycles. The monoisotopic (exact) mass is 554 g/mol. The van der Waals surface area contributed by atoms with Crippen LogP contribution in [0, 0.1) is 5.82 Å². The first-order chi connectivity index (χ1) is 18.3. The number of rotatable bonds is 10. The average molecular weight is 555 g/mol. The van der Waals surface area contributed by atoms with Gasteiger partial charge in [0.1, 0.15) is 22.1 Å². The van der Waals surface area contributed by atoms with Crippen LogP contribution in [0.2, 0.25) is 0 Å². The van der Waals surface area contributed by atoms with E-state index in [1.807, 2.05) is 38.2 Å². The van der Waals surface area contributed by atoms with Crippen LogP contribution >= 0.6 is 23.1 Å².